The Morgan fingerprint density at radius 3 is 0.479 bits per heavy atom. The van der Waals surface area contributed by atoms with Crippen LogP contribution in [-0.2, 0) is 28.4 Å². The van der Waals surface area contributed by atoms with Gasteiger partial charge in [0.2, 0.25) is 0 Å². The molecule has 0 aromatic rings. The van der Waals surface area contributed by atoms with Gasteiger partial charge in [0.1, 0.15) is 0 Å². The summed E-state index contributed by atoms with van der Waals surface area (Å²) in [6.45, 7) is 25.8. The molecule has 0 radical (unpaired) electrons. The van der Waals surface area contributed by atoms with E-state index in [-0.39, 0.29) is 83.3 Å². The Kier molecular flexibility index (Phi) is 70.9. The maximum absolute atomic E-state index is 4.94. The number of rotatable bonds is 2. The van der Waals surface area contributed by atoms with Gasteiger partial charge in [0.25, 0.3) is 0 Å². The van der Waals surface area contributed by atoms with Crippen molar-refractivity contribution >= 4 is 104 Å². The third-order valence-corrected chi connectivity index (χ3v) is 11.0. The van der Waals surface area contributed by atoms with Crippen molar-refractivity contribution in [2.24, 2.45) is 0 Å². The zero-order valence-electron chi connectivity index (χ0n) is 31.1. The maximum Gasteiger partial charge on any atom is 2.00 e. The van der Waals surface area contributed by atoms with Gasteiger partial charge < -0.3 is 70.3 Å². The van der Waals surface area contributed by atoms with Crippen LogP contribution in [0.3, 0.4) is 0 Å². The third kappa shape index (κ3) is 75.0. The summed E-state index contributed by atoms with van der Waals surface area (Å²) >= 11 is -1.72. The van der Waals surface area contributed by atoms with Gasteiger partial charge in [-0.25, -0.2) is 30.1 Å². The summed E-state index contributed by atoms with van der Waals surface area (Å²) in [5.41, 5.74) is 0. The standard InChI is InChI=1S/C6H18NSi2.6C4H8O.Al.6ClH.2Mg/c1-8(2,3)7-9(4,5)6;6*1-2-4-5-3-1;;;;;;;;;/h1-6H3;6*1-4H2;;6*1H;;/q-1;;;;;;;+3;;;;;;;2*+2/p-6. The first-order valence-electron chi connectivity index (χ1n) is 16.6. The van der Waals surface area contributed by atoms with Gasteiger partial charge in [0.05, 0.1) is 0 Å². The topological polar surface area (TPSA) is 69.5 Å². The summed E-state index contributed by atoms with van der Waals surface area (Å²) in [5.74, 6) is 0. The number of hydrogen-bond acceptors (Lipinski definition) is 6. The number of halogens is 6. The number of ether oxygens (including phenoxy) is 6. The van der Waals surface area contributed by atoms with Crippen LogP contribution in [0.25, 0.3) is 4.65 Å². The van der Waals surface area contributed by atoms with Gasteiger partial charge in [0.15, 0.2) is 0 Å². The van der Waals surface area contributed by atoms with Crippen LogP contribution >= 0.6 is 30.1 Å². The summed E-state index contributed by atoms with van der Waals surface area (Å²) in [6.07, 6.45) is 15.3. The molecule has 7 nitrogen and oxygen atoms in total. The van der Waals surface area contributed by atoms with Gasteiger partial charge in [-0.3, -0.25) is 0 Å². The van der Waals surface area contributed by atoms with Crippen molar-refractivity contribution in [2.75, 3.05) is 79.3 Å². The molecule has 0 aromatic heterocycles. The minimum Gasteiger partial charge on any atom is -1.00 e. The van der Waals surface area contributed by atoms with Crippen LogP contribution in [0.1, 0.15) is 77.0 Å². The van der Waals surface area contributed by atoms with Crippen LogP contribution in [0.4, 0.5) is 0 Å². The number of nitrogens with zero attached hydrogens (tertiary/aromatic N) is 1. The predicted molar refractivity (Wildman–Crippen MR) is 205 cm³/mol. The molecular weight excluding hydrogens is 815 g/mol. The molecule has 0 aromatic carbocycles. The second-order valence-corrected chi connectivity index (χ2v) is 28.6. The predicted octanol–water partition coefficient (Wildman–Crippen LogP) is -0.251. The van der Waals surface area contributed by atoms with E-state index in [1.807, 2.05) is 0 Å². The van der Waals surface area contributed by atoms with Crippen molar-refractivity contribution in [1.82, 2.24) is 0 Å². The first-order chi connectivity index (χ1) is 20.4. The van der Waals surface area contributed by atoms with Gasteiger partial charge in [0, 0.05) is 79.3 Å². The fourth-order valence-electron chi connectivity index (χ4n) is 4.07. The first kappa shape index (κ1) is 66.8. The van der Waals surface area contributed by atoms with Crippen molar-refractivity contribution < 1.29 is 65.6 Å². The summed E-state index contributed by atoms with van der Waals surface area (Å²) in [6, 6.07) is 0. The van der Waals surface area contributed by atoms with Crippen molar-refractivity contribution in [3.05, 3.63) is 4.65 Å². The van der Waals surface area contributed by atoms with Crippen LogP contribution in [0.5, 0.6) is 0 Å². The Labute approximate surface area is 366 Å². The van der Waals surface area contributed by atoms with Crippen molar-refractivity contribution in [2.45, 2.75) is 116 Å². The van der Waals surface area contributed by atoms with E-state index < -0.39 is 27.9 Å². The molecule has 0 saturated carbocycles. The van der Waals surface area contributed by atoms with Crippen LogP contribution in [0, 0.1) is 0 Å². The Balaban J connectivity index is -0.0000000796. The Hall–Kier alpha value is 3.96. The Morgan fingerprint density at radius 2 is 0.458 bits per heavy atom. The normalized spacial score (nSPS) is 18.2. The van der Waals surface area contributed by atoms with E-state index >= 15 is 0 Å². The SMILES string of the molecule is C1CCOC1.C1CCOC1.C1CCOC1.C1CCOC1.C1CCOC1.C1CCOC1.C[Si](C)(C)[N-][Si](C)(C)C.[Cl-].[Cl-].[Cl-].[Cl][Al]([Cl])[Cl].[Mg+2].[Mg+2]. The smallest absolute Gasteiger partial charge is 1.00 e. The first-order valence-corrected chi connectivity index (χ1v) is 28.7. The molecule has 18 heteroatoms. The molecule has 6 heterocycles. The minimum atomic E-state index is -1.72. The van der Waals surface area contributed by atoms with E-state index in [0.717, 1.165) is 79.3 Å². The van der Waals surface area contributed by atoms with E-state index in [0.29, 0.717) is 0 Å². The average Bonchev–Trinajstić information content (AvgIpc) is 3.85. The second-order valence-electron chi connectivity index (χ2n) is 12.6. The molecule has 6 saturated heterocycles. The van der Waals surface area contributed by atoms with E-state index in [1.54, 1.807) is 0 Å². The molecule has 0 N–H and O–H groups in total. The summed E-state index contributed by atoms with van der Waals surface area (Å²) in [5, 5.41) is 0. The maximum atomic E-state index is 4.94. The molecule has 0 aliphatic carbocycles. The van der Waals surface area contributed by atoms with E-state index in [4.69, 9.17) is 63.2 Å². The molecule has 6 rings (SSSR count). The summed E-state index contributed by atoms with van der Waals surface area (Å²) < 4.78 is 34.5. The van der Waals surface area contributed by atoms with Crippen LogP contribution in [-0.4, -0.2) is 153 Å². The molecular formula is C30H66AlCl6Mg2NO6Si2. The van der Waals surface area contributed by atoms with Gasteiger partial charge in [-0.1, -0.05) is 55.8 Å². The fourth-order valence-corrected chi connectivity index (χ4v) is 12.1. The quantitative estimate of drug-likeness (QED) is 0.357. The Morgan fingerprint density at radius 1 is 0.354 bits per heavy atom. The molecule has 0 unspecified atom stereocenters. The molecule has 0 bridgehead atoms. The van der Waals surface area contributed by atoms with Crippen LogP contribution in [0.15, 0.2) is 0 Å². The molecule has 0 amide bonds. The molecule has 284 valence electrons. The summed E-state index contributed by atoms with van der Waals surface area (Å²) in [4.78, 5) is 0. The fraction of sp³-hybridized carbons (Fsp3) is 1.00. The molecule has 0 spiro atoms. The van der Waals surface area contributed by atoms with Gasteiger partial charge in [-0.05, 0) is 77.0 Å². The zero-order chi connectivity index (χ0) is 32.5. The van der Waals surface area contributed by atoms with Crippen LogP contribution < -0.4 is 37.2 Å². The molecule has 0 atom stereocenters. The van der Waals surface area contributed by atoms with Gasteiger partial charge in [-0.2, -0.15) is 0 Å². The molecule has 6 fully saturated rings. The van der Waals surface area contributed by atoms with Crippen LogP contribution in [0.2, 0.25) is 39.3 Å². The van der Waals surface area contributed by atoms with Gasteiger partial charge in [-0.15, -0.1) is 0 Å². The molecule has 6 aliphatic rings. The third-order valence-electron chi connectivity index (χ3n) is 5.63. The largest absolute Gasteiger partial charge is 2.00 e. The van der Waals surface area contributed by atoms with Gasteiger partial charge >= 0.3 is 57.5 Å². The summed E-state index contributed by atoms with van der Waals surface area (Å²) in [7, 11) is 12.6. The number of hydrogen-bond donors (Lipinski definition) is 0. The minimum absolute atomic E-state index is 0. The second kappa shape index (κ2) is 51.0. The van der Waals surface area contributed by atoms with Crippen molar-refractivity contribution in [3.63, 3.8) is 0 Å². The zero-order valence-corrected chi connectivity index (χ0v) is 41.6. The monoisotopic (exact) mass is 877 g/mol. The average molecular weight is 881 g/mol. The van der Waals surface area contributed by atoms with E-state index in [1.165, 1.54) is 77.0 Å². The van der Waals surface area contributed by atoms with E-state index in [9.17, 15) is 0 Å². The van der Waals surface area contributed by atoms with Crippen molar-refractivity contribution in [1.29, 1.82) is 0 Å². The molecule has 6 aliphatic heterocycles. The Bertz CT molecular complexity index is 411. The van der Waals surface area contributed by atoms with Crippen molar-refractivity contribution in [3.8, 4) is 0 Å². The van der Waals surface area contributed by atoms with E-state index in [2.05, 4.69) is 39.3 Å². The molecule has 48 heavy (non-hydrogen) atoms.